The van der Waals surface area contributed by atoms with Gasteiger partial charge in [0.05, 0.1) is 18.9 Å². The van der Waals surface area contributed by atoms with E-state index in [-0.39, 0.29) is 16.9 Å². The molecule has 1 heterocycles. The summed E-state index contributed by atoms with van der Waals surface area (Å²) in [6.07, 6.45) is 0. The van der Waals surface area contributed by atoms with Gasteiger partial charge >= 0.3 is 0 Å². The minimum atomic E-state index is -0.491. The van der Waals surface area contributed by atoms with Gasteiger partial charge in [-0.15, -0.1) is 5.10 Å². The standard InChI is InChI=1S/C23H27N5O3S/c1-15(20(29)17-8-10-18(11-9-17)24-21(30)23(2,3)4)32-22-25-26-27-28(22)14-16-6-12-19(31-5)13-7-16/h6-13,15H,14H2,1-5H3,(H,24,30). The van der Waals surface area contributed by atoms with Crippen LogP contribution in [0.1, 0.15) is 43.6 Å². The van der Waals surface area contributed by atoms with Crippen LogP contribution in [-0.4, -0.2) is 44.3 Å². The number of hydrogen-bond acceptors (Lipinski definition) is 7. The molecule has 3 rings (SSSR count). The maximum atomic E-state index is 12.9. The Morgan fingerprint density at radius 3 is 2.34 bits per heavy atom. The lowest BCUT2D eigenvalue weighted by atomic mass is 9.95. The van der Waals surface area contributed by atoms with E-state index in [4.69, 9.17) is 4.74 Å². The van der Waals surface area contributed by atoms with Gasteiger partial charge in [-0.25, -0.2) is 4.68 Å². The number of benzene rings is 2. The fourth-order valence-corrected chi connectivity index (χ4v) is 3.63. The van der Waals surface area contributed by atoms with Crippen LogP contribution in [0.4, 0.5) is 5.69 Å². The van der Waals surface area contributed by atoms with Crippen LogP contribution in [0.2, 0.25) is 0 Å². The number of Topliss-reactive ketones (excluding diaryl/α,β-unsaturated/α-hetero) is 1. The number of ketones is 1. The molecule has 0 aliphatic heterocycles. The minimum Gasteiger partial charge on any atom is -0.497 e. The molecular weight excluding hydrogens is 426 g/mol. The van der Waals surface area contributed by atoms with E-state index < -0.39 is 5.41 Å². The summed E-state index contributed by atoms with van der Waals surface area (Å²) in [7, 11) is 1.62. The molecule has 1 atom stereocenters. The Balaban J connectivity index is 1.63. The fraction of sp³-hybridized carbons (Fsp3) is 0.348. The summed E-state index contributed by atoms with van der Waals surface area (Å²) in [6.45, 7) is 7.86. The quantitative estimate of drug-likeness (QED) is 0.405. The Hall–Kier alpha value is -3.20. The number of nitrogens with one attached hydrogen (secondary N) is 1. The van der Waals surface area contributed by atoms with E-state index in [1.165, 1.54) is 11.8 Å². The number of ether oxygens (including phenoxy) is 1. The van der Waals surface area contributed by atoms with Crippen molar-refractivity contribution in [1.29, 1.82) is 0 Å². The number of rotatable bonds is 8. The summed E-state index contributed by atoms with van der Waals surface area (Å²) in [5.74, 6) is 0.662. The number of thioether (sulfide) groups is 1. The van der Waals surface area contributed by atoms with Gasteiger partial charge in [-0.3, -0.25) is 9.59 Å². The number of carbonyl (C=O) groups is 2. The van der Waals surface area contributed by atoms with Crippen LogP contribution in [0.15, 0.2) is 53.7 Å². The van der Waals surface area contributed by atoms with E-state index >= 15 is 0 Å². The molecule has 0 aliphatic carbocycles. The lowest BCUT2D eigenvalue weighted by Gasteiger charge is -2.17. The van der Waals surface area contributed by atoms with E-state index in [0.717, 1.165) is 11.3 Å². The van der Waals surface area contributed by atoms with Gasteiger partial charge in [-0.2, -0.15) is 0 Å². The van der Waals surface area contributed by atoms with Gasteiger partial charge in [0.1, 0.15) is 5.75 Å². The molecule has 0 spiro atoms. The van der Waals surface area contributed by atoms with Crippen molar-refractivity contribution in [2.75, 3.05) is 12.4 Å². The topological polar surface area (TPSA) is 99.0 Å². The van der Waals surface area contributed by atoms with E-state index in [1.807, 2.05) is 52.0 Å². The molecule has 168 valence electrons. The van der Waals surface area contributed by atoms with Crippen LogP contribution >= 0.6 is 11.8 Å². The maximum Gasteiger partial charge on any atom is 0.229 e. The molecule has 0 saturated carbocycles. The number of aromatic nitrogens is 4. The highest BCUT2D eigenvalue weighted by atomic mass is 32.2. The van der Waals surface area contributed by atoms with Crippen LogP contribution in [-0.2, 0) is 11.3 Å². The predicted molar refractivity (Wildman–Crippen MR) is 124 cm³/mol. The fourth-order valence-electron chi connectivity index (χ4n) is 2.77. The monoisotopic (exact) mass is 453 g/mol. The molecule has 0 fully saturated rings. The Morgan fingerprint density at radius 1 is 1.09 bits per heavy atom. The third kappa shape index (κ3) is 5.94. The zero-order valence-corrected chi connectivity index (χ0v) is 19.6. The number of carbonyl (C=O) groups excluding carboxylic acids is 2. The molecule has 0 aliphatic rings. The van der Waals surface area contributed by atoms with Gasteiger partial charge in [0.15, 0.2) is 5.78 Å². The van der Waals surface area contributed by atoms with E-state index in [2.05, 4.69) is 20.8 Å². The highest BCUT2D eigenvalue weighted by Gasteiger charge is 2.22. The van der Waals surface area contributed by atoms with Gasteiger partial charge in [0, 0.05) is 16.7 Å². The molecule has 9 heteroatoms. The van der Waals surface area contributed by atoms with Crippen LogP contribution < -0.4 is 10.1 Å². The molecule has 0 saturated heterocycles. The first kappa shape index (κ1) is 23.5. The second-order valence-corrected chi connectivity index (χ2v) is 9.68. The van der Waals surface area contributed by atoms with Gasteiger partial charge < -0.3 is 10.1 Å². The highest BCUT2D eigenvalue weighted by molar-refractivity contribution is 8.00. The number of anilines is 1. The van der Waals surface area contributed by atoms with Crippen LogP contribution in [0.3, 0.4) is 0 Å². The molecule has 1 unspecified atom stereocenters. The highest BCUT2D eigenvalue weighted by Crippen LogP contribution is 2.25. The third-order valence-electron chi connectivity index (χ3n) is 4.75. The molecule has 3 aromatic rings. The number of hydrogen-bond donors (Lipinski definition) is 1. The van der Waals surface area contributed by atoms with Gasteiger partial charge in [0.25, 0.3) is 0 Å². The summed E-state index contributed by atoms with van der Waals surface area (Å²) in [4.78, 5) is 25.0. The first-order valence-corrected chi connectivity index (χ1v) is 11.1. The van der Waals surface area contributed by atoms with Crippen molar-refractivity contribution in [3.05, 3.63) is 59.7 Å². The molecule has 0 radical (unpaired) electrons. The lowest BCUT2D eigenvalue weighted by molar-refractivity contribution is -0.123. The van der Waals surface area contributed by atoms with Crippen molar-refractivity contribution in [2.24, 2.45) is 5.41 Å². The maximum absolute atomic E-state index is 12.9. The molecule has 1 aromatic heterocycles. The van der Waals surface area contributed by atoms with E-state index in [9.17, 15) is 9.59 Å². The van der Waals surface area contributed by atoms with Crippen molar-refractivity contribution in [1.82, 2.24) is 20.2 Å². The van der Waals surface area contributed by atoms with Crippen LogP contribution in [0.25, 0.3) is 0 Å². The van der Waals surface area contributed by atoms with Crippen molar-refractivity contribution >= 4 is 29.1 Å². The summed E-state index contributed by atoms with van der Waals surface area (Å²) in [5.41, 5.74) is 1.75. The average molecular weight is 454 g/mol. The average Bonchev–Trinajstić information content (AvgIpc) is 3.20. The van der Waals surface area contributed by atoms with Gasteiger partial charge in [-0.05, 0) is 59.3 Å². The van der Waals surface area contributed by atoms with Crippen molar-refractivity contribution in [3.8, 4) is 5.75 Å². The second-order valence-electron chi connectivity index (χ2n) is 8.37. The minimum absolute atomic E-state index is 0.0392. The summed E-state index contributed by atoms with van der Waals surface area (Å²) < 4.78 is 6.85. The van der Waals surface area contributed by atoms with Crippen molar-refractivity contribution in [3.63, 3.8) is 0 Å². The predicted octanol–water partition coefficient (Wildman–Crippen LogP) is 4.08. The lowest BCUT2D eigenvalue weighted by Crippen LogP contribution is -2.27. The molecule has 8 nitrogen and oxygen atoms in total. The molecule has 0 bridgehead atoms. The Kier molecular flexibility index (Phi) is 7.29. The first-order valence-electron chi connectivity index (χ1n) is 10.2. The Morgan fingerprint density at radius 2 is 1.75 bits per heavy atom. The van der Waals surface area contributed by atoms with Crippen molar-refractivity contribution in [2.45, 2.75) is 44.6 Å². The normalized spacial score (nSPS) is 12.3. The Bertz CT molecular complexity index is 1070. The number of methoxy groups -OCH3 is 1. The first-order chi connectivity index (χ1) is 15.2. The van der Waals surface area contributed by atoms with Crippen LogP contribution in [0, 0.1) is 5.41 Å². The molecule has 32 heavy (non-hydrogen) atoms. The summed E-state index contributed by atoms with van der Waals surface area (Å²) in [6, 6.07) is 14.6. The van der Waals surface area contributed by atoms with Crippen molar-refractivity contribution < 1.29 is 14.3 Å². The zero-order chi connectivity index (χ0) is 23.3. The van der Waals surface area contributed by atoms with Gasteiger partial charge in [0.2, 0.25) is 11.1 Å². The number of nitrogens with zero attached hydrogens (tertiary/aromatic N) is 4. The second kappa shape index (κ2) is 9.95. The molecule has 1 amide bonds. The number of tetrazole rings is 1. The molecule has 2 aromatic carbocycles. The van der Waals surface area contributed by atoms with E-state index in [0.29, 0.717) is 23.0 Å². The van der Waals surface area contributed by atoms with E-state index in [1.54, 1.807) is 36.1 Å². The SMILES string of the molecule is COc1ccc(Cn2nnnc2SC(C)C(=O)c2ccc(NC(=O)C(C)(C)C)cc2)cc1. The third-order valence-corrected chi connectivity index (χ3v) is 5.82. The molecule has 1 N–H and O–H groups in total. The summed E-state index contributed by atoms with van der Waals surface area (Å²) in [5, 5.41) is 14.9. The smallest absolute Gasteiger partial charge is 0.229 e. The zero-order valence-electron chi connectivity index (χ0n) is 18.8. The molecular formula is C23H27N5O3S. The Labute approximate surface area is 191 Å². The van der Waals surface area contributed by atoms with Crippen LogP contribution in [0.5, 0.6) is 5.75 Å². The number of amides is 1. The van der Waals surface area contributed by atoms with Gasteiger partial charge in [-0.1, -0.05) is 44.7 Å². The summed E-state index contributed by atoms with van der Waals surface area (Å²) >= 11 is 1.31. The largest absolute Gasteiger partial charge is 0.497 e.